The van der Waals surface area contributed by atoms with Crippen molar-refractivity contribution in [3.05, 3.63) is 34.3 Å². The fourth-order valence-corrected chi connectivity index (χ4v) is 5.41. The van der Waals surface area contributed by atoms with E-state index >= 15 is 0 Å². The standard InChI is InChI=1S/C22H30BrN3O3/c1-5-17(15-6-8-16(23)9-7-15)24-18(27)12-26-19(28)22(25-20(26)29)11-14(2)10-21(3,4)13-22/h6-9,14,17H,5,10-13H2,1-4H3,(H,24,27)(H,25,29)/t14-,17-,22-/m1/s1. The molecule has 1 aromatic carbocycles. The van der Waals surface area contributed by atoms with Crippen LogP contribution in [-0.2, 0) is 9.59 Å². The fraction of sp³-hybridized carbons (Fsp3) is 0.591. The van der Waals surface area contributed by atoms with Crippen molar-refractivity contribution >= 4 is 33.8 Å². The van der Waals surface area contributed by atoms with Gasteiger partial charge in [-0.05, 0) is 54.7 Å². The average molecular weight is 464 g/mol. The highest BCUT2D eigenvalue weighted by Gasteiger charge is 2.56. The van der Waals surface area contributed by atoms with Gasteiger partial charge in [-0.3, -0.25) is 14.5 Å². The number of hydrogen-bond acceptors (Lipinski definition) is 3. The molecule has 4 amide bonds. The van der Waals surface area contributed by atoms with Gasteiger partial charge in [-0.25, -0.2) is 4.79 Å². The van der Waals surface area contributed by atoms with Crippen molar-refractivity contribution in [1.82, 2.24) is 15.5 Å². The zero-order valence-electron chi connectivity index (χ0n) is 17.5. The Morgan fingerprint density at radius 2 is 1.93 bits per heavy atom. The third-order valence-corrected chi connectivity index (χ3v) is 6.47. The molecule has 1 aliphatic carbocycles. The summed E-state index contributed by atoms with van der Waals surface area (Å²) in [6.45, 7) is 8.10. The molecule has 1 spiro atoms. The van der Waals surface area contributed by atoms with Crippen molar-refractivity contribution in [2.75, 3.05) is 6.54 Å². The predicted octanol–water partition coefficient (Wildman–Crippen LogP) is 4.15. The van der Waals surface area contributed by atoms with Gasteiger partial charge < -0.3 is 10.6 Å². The van der Waals surface area contributed by atoms with Crippen molar-refractivity contribution in [3.63, 3.8) is 0 Å². The first kappa shape index (κ1) is 21.8. The first-order chi connectivity index (χ1) is 13.5. The Kier molecular flexibility index (Phi) is 6.08. The quantitative estimate of drug-likeness (QED) is 0.643. The van der Waals surface area contributed by atoms with Gasteiger partial charge in [-0.15, -0.1) is 0 Å². The molecule has 0 radical (unpaired) electrons. The van der Waals surface area contributed by atoms with Crippen LogP contribution in [0.3, 0.4) is 0 Å². The number of hydrogen-bond donors (Lipinski definition) is 2. The molecule has 2 fully saturated rings. The average Bonchev–Trinajstić information content (AvgIpc) is 2.82. The van der Waals surface area contributed by atoms with Gasteiger partial charge in [-0.1, -0.05) is 55.8 Å². The van der Waals surface area contributed by atoms with Gasteiger partial charge in [0.05, 0.1) is 6.04 Å². The summed E-state index contributed by atoms with van der Waals surface area (Å²) < 4.78 is 0.969. The summed E-state index contributed by atoms with van der Waals surface area (Å²) in [6, 6.07) is 7.12. The van der Waals surface area contributed by atoms with E-state index in [9.17, 15) is 14.4 Å². The minimum Gasteiger partial charge on any atom is -0.348 e. The van der Waals surface area contributed by atoms with E-state index in [0.717, 1.165) is 21.4 Å². The summed E-state index contributed by atoms with van der Waals surface area (Å²) in [6.07, 6.45) is 2.95. The molecule has 29 heavy (non-hydrogen) atoms. The zero-order chi connectivity index (χ0) is 21.4. The Balaban J connectivity index is 1.69. The Hall–Kier alpha value is -1.89. The van der Waals surface area contributed by atoms with E-state index < -0.39 is 11.6 Å². The van der Waals surface area contributed by atoms with Gasteiger partial charge in [0.2, 0.25) is 5.91 Å². The molecule has 7 heteroatoms. The van der Waals surface area contributed by atoms with Crippen molar-refractivity contribution in [2.24, 2.45) is 11.3 Å². The van der Waals surface area contributed by atoms with E-state index in [-0.39, 0.29) is 29.8 Å². The third-order valence-electron chi connectivity index (χ3n) is 5.94. The van der Waals surface area contributed by atoms with Gasteiger partial charge in [0, 0.05) is 4.47 Å². The minimum absolute atomic E-state index is 0.0340. The molecular weight excluding hydrogens is 434 g/mol. The second-order valence-corrected chi connectivity index (χ2v) is 10.3. The lowest BCUT2D eigenvalue weighted by molar-refractivity contribution is -0.137. The molecule has 3 rings (SSSR count). The Morgan fingerprint density at radius 1 is 1.28 bits per heavy atom. The summed E-state index contributed by atoms with van der Waals surface area (Å²) in [7, 11) is 0. The largest absolute Gasteiger partial charge is 0.348 e. The summed E-state index contributed by atoms with van der Waals surface area (Å²) in [5.74, 6) is -0.268. The van der Waals surface area contributed by atoms with Crippen molar-refractivity contribution in [2.45, 2.75) is 65.0 Å². The van der Waals surface area contributed by atoms with Crippen LogP contribution >= 0.6 is 15.9 Å². The molecule has 1 heterocycles. The maximum Gasteiger partial charge on any atom is 0.325 e. The van der Waals surface area contributed by atoms with E-state index in [1.54, 1.807) is 0 Å². The topological polar surface area (TPSA) is 78.5 Å². The van der Waals surface area contributed by atoms with Crippen LogP contribution in [0.4, 0.5) is 4.79 Å². The second-order valence-electron chi connectivity index (χ2n) is 9.34. The Bertz CT molecular complexity index is 808. The van der Waals surface area contributed by atoms with Gasteiger partial charge in [0.15, 0.2) is 0 Å². The molecule has 1 saturated carbocycles. The lowest BCUT2D eigenvalue weighted by Crippen LogP contribution is -2.54. The second kappa shape index (κ2) is 8.09. The van der Waals surface area contributed by atoms with E-state index in [4.69, 9.17) is 0 Å². The third kappa shape index (κ3) is 4.65. The molecule has 0 aromatic heterocycles. The number of urea groups is 1. The SMILES string of the molecule is CC[C@@H](NC(=O)CN1C(=O)N[C@@]2(C[C@H](C)CC(C)(C)C2)C1=O)c1ccc(Br)cc1. The predicted molar refractivity (Wildman–Crippen MR) is 115 cm³/mol. The molecule has 1 aromatic rings. The minimum atomic E-state index is -0.881. The highest BCUT2D eigenvalue weighted by atomic mass is 79.9. The monoisotopic (exact) mass is 463 g/mol. The number of imide groups is 1. The van der Waals surface area contributed by atoms with Crippen LogP contribution in [0.25, 0.3) is 0 Å². The van der Waals surface area contributed by atoms with Gasteiger partial charge in [-0.2, -0.15) is 0 Å². The smallest absolute Gasteiger partial charge is 0.325 e. The molecule has 2 N–H and O–H groups in total. The number of amides is 4. The van der Waals surface area contributed by atoms with Gasteiger partial charge in [0.1, 0.15) is 12.1 Å². The van der Waals surface area contributed by atoms with E-state index in [0.29, 0.717) is 25.2 Å². The first-order valence-electron chi connectivity index (χ1n) is 10.2. The fourth-order valence-electron chi connectivity index (χ4n) is 5.15. The highest BCUT2D eigenvalue weighted by molar-refractivity contribution is 9.10. The molecule has 2 aliphatic rings. The molecule has 0 unspecified atom stereocenters. The van der Waals surface area contributed by atoms with Crippen LogP contribution in [0.5, 0.6) is 0 Å². The highest BCUT2D eigenvalue weighted by Crippen LogP contribution is 2.46. The van der Waals surface area contributed by atoms with Crippen molar-refractivity contribution in [3.8, 4) is 0 Å². The van der Waals surface area contributed by atoms with E-state index in [1.165, 1.54) is 0 Å². The summed E-state index contributed by atoms with van der Waals surface area (Å²) in [5.41, 5.74) is 0.0721. The number of benzene rings is 1. The molecule has 3 atom stereocenters. The molecule has 1 saturated heterocycles. The Labute approximate surface area is 180 Å². The van der Waals surface area contributed by atoms with E-state index in [2.05, 4.69) is 47.3 Å². The lowest BCUT2D eigenvalue weighted by Gasteiger charge is -2.43. The number of halogens is 1. The number of carbonyl (C=O) groups excluding carboxylic acids is 3. The normalized spacial score (nSPS) is 27.1. The van der Waals surface area contributed by atoms with Gasteiger partial charge >= 0.3 is 6.03 Å². The Morgan fingerprint density at radius 3 is 2.52 bits per heavy atom. The van der Waals surface area contributed by atoms with Crippen LogP contribution < -0.4 is 10.6 Å². The first-order valence-corrected chi connectivity index (χ1v) is 11.0. The number of nitrogens with zero attached hydrogens (tertiary/aromatic N) is 1. The number of nitrogens with one attached hydrogen (secondary N) is 2. The molecule has 0 bridgehead atoms. The summed E-state index contributed by atoms with van der Waals surface area (Å²) >= 11 is 3.41. The molecule has 6 nitrogen and oxygen atoms in total. The number of rotatable bonds is 5. The van der Waals surface area contributed by atoms with Gasteiger partial charge in [0.25, 0.3) is 5.91 Å². The van der Waals surface area contributed by atoms with Crippen LogP contribution in [0.1, 0.15) is 65.0 Å². The maximum absolute atomic E-state index is 13.2. The lowest BCUT2D eigenvalue weighted by atomic mass is 9.64. The molecule has 158 valence electrons. The maximum atomic E-state index is 13.2. The summed E-state index contributed by atoms with van der Waals surface area (Å²) in [5, 5.41) is 5.88. The zero-order valence-corrected chi connectivity index (χ0v) is 19.1. The molecular formula is C22H30BrN3O3. The van der Waals surface area contributed by atoms with Crippen LogP contribution in [0, 0.1) is 11.3 Å². The number of carbonyl (C=O) groups is 3. The van der Waals surface area contributed by atoms with E-state index in [1.807, 2.05) is 31.2 Å². The van der Waals surface area contributed by atoms with Crippen molar-refractivity contribution in [1.29, 1.82) is 0 Å². The summed E-state index contributed by atoms with van der Waals surface area (Å²) in [4.78, 5) is 39.5. The van der Waals surface area contributed by atoms with Crippen molar-refractivity contribution < 1.29 is 14.4 Å². The van der Waals surface area contributed by atoms with Crippen LogP contribution in [-0.4, -0.2) is 34.8 Å². The molecule has 1 aliphatic heterocycles. The van der Waals surface area contributed by atoms with Crippen LogP contribution in [0.15, 0.2) is 28.7 Å². The van der Waals surface area contributed by atoms with Crippen LogP contribution in [0.2, 0.25) is 0 Å².